The quantitative estimate of drug-likeness (QED) is 0.155. The number of esters is 1. The topological polar surface area (TPSA) is 125 Å². The van der Waals surface area contributed by atoms with Crippen LogP contribution >= 0.6 is 0 Å². The van der Waals surface area contributed by atoms with Crippen molar-refractivity contribution in [3.63, 3.8) is 0 Å². The molecule has 0 radical (unpaired) electrons. The third kappa shape index (κ3) is 8.33. The average molecular weight is 585 g/mol. The van der Waals surface area contributed by atoms with Crippen LogP contribution in [0, 0.1) is 5.92 Å². The highest BCUT2D eigenvalue weighted by Crippen LogP contribution is 2.27. The second-order valence-corrected chi connectivity index (χ2v) is 10.7. The number of para-hydroxylation sites is 2. The third-order valence-electron chi connectivity index (χ3n) is 6.89. The molecular formula is C34H36N2O7. The van der Waals surface area contributed by atoms with Gasteiger partial charge in [-0.15, -0.1) is 0 Å². The number of urea groups is 1. The van der Waals surface area contributed by atoms with Gasteiger partial charge in [0.05, 0.1) is 13.7 Å². The van der Waals surface area contributed by atoms with Gasteiger partial charge in [0.2, 0.25) is 0 Å². The maximum absolute atomic E-state index is 13.2. The minimum Gasteiger partial charge on any atom is -0.493 e. The first kappa shape index (κ1) is 31.1. The molecule has 4 aromatic rings. The van der Waals surface area contributed by atoms with E-state index in [1.807, 2.05) is 56.3 Å². The van der Waals surface area contributed by atoms with Crippen molar-refractivity contribution < 1.29 is 34.1 Å². The van der Waals surface area contributed by atoms with E-state index in [4.69, 9.17) is 9.47 Å². The summed E-state index contributed by atoms with van der Waals surface area (Å²) in [4.78, 5) is 39.2. The number of fused-ring (bicyclic) bond motifs is 1. The van der Waals surface area contributed by atoms with Gasteiger partial charge in [0, 0.05) is 13.0 Å². The fourth-order valence-corrected chi connectivity index (χ4v) is 4.72. The molecule has 2 atom stereocenters. The lowest BCUT2D eigenvalue weighted by Crippen LogP contribution is -2.52. The summed E-state index contributed by atoms with van der Waals surface area (Å²) in [7, 11) is 1.43. The van der Waals surface area contributed by atoms with E-state index < -0.39 is 30.1 Å². The van der Waals surface area contributed by atoms with Gasteiger partial charge < -0.3 is 29.9 Å². The maximum Gasteiger partial charge on any atom is 0.342 e. The van der Waals surface area contributed by atoms with E-state index in [0.29, 0.717) is 5.75 Å². The van der Waals surface area contributed by atoms with Gasteiger partial charge in [-0.25, -0.2) is 14.4 Å². The molecule has 0 aliphatic heterocycles. The van der Waals surface area contributed by atoms with Gasteiger partial charge in [-0.2, -0.15) is 0 Å². The molecule has 0 heterocycles. The van der Waals surface area contributed by atoms with Crippen molar-refractivity contribution in [3.05, 3.63) is 96.6 Å². The van der Waals surface area contributed by atoms with E-state index in [-0.39, 0.29) is 31.2 Å². The van der Waals surface area contributed by atoms with E-state index in [2.05, 4.69) is 29.6 Å². The van der Waals surface area contributed by atoms with Crippen molar-refractivity contribution in [1.29, 1.82) is 0 Å². The molecule has 0 aliphatic carbocycles. The fraction of sp³-hybridized carbons (Fsp3) is 0.265. The number of nitrogens with one attached hydrogen (secondary N) is 1. The number of rotatable bonds is 12. The van der Waals surface area contributed by atoms with Crippen molar-refractivity contribution in [2.75, 3.05) is 20.2 Å². The molecule has 224 valence electrons. The smallest absolute Gasteiger partial charge is 0.342 e. The zero-order valence-corrected chi connectivity index (χ0v) is 24.4. The summed E-state index contributed by atoms with van der Waals surface area (Å²) in [6.07, 6.45) is -1.62. The van der Waals surface area contributed by atoms with Gasteiger partial charge in [-0.3, -0.25) is 0 Å². The van der Waals surface area contributed by atoms with Crippen LogP contribution in [0.3, 0.4) is 0 Å². The first-order valence-corrected chi connectivity index (χ1v) is 14.0. The monoisotopic (exact) mass is 584 g/mol. The largest absolute Gasteiger partial charge is 0.493 e. The molecule has 0 saturated carbocycles. The van der Waals surface area contributed by atoms with Crippen LogP contribution in [0.2, 0.25) is 0 Å². The van der Waals surface area contributed by atoms with E-state index >= 15 is 0 Å². The van der Waals surface area contributed by atoms with Crippen molar-refractivity contribution >= 4 is 28.7 Å². The second kappa shape index (κ2) is 14.3. The predicted molar refractivity (Wildman–Crippen MR) is 164 cm³/mol. The van der Waals surface area contributed by atoms with Crippen LogP contribution in [0.1, 0.15) is 19.4 Å². The molecule has 2 amide bonds. The first-order valence-electron chi connectivity index (χ1n) is 14.0. The summed E-state index contributed by atoms with van der Waals surface area (Å²) in [6.45, 7) is 3.53. The highest BCUT2D eigenvalue weighted by molar-refractivity contribution is 5.87. The maximum atomic E-state index is 13.2. The molecular weight excluding hydrogens is 548 g/mol. The number of aliphatic hydroxyl groups is 1. The Kier molecular flexibility index (Phi) is 10.3. The summed E-state index contributed by atoms with van der Waals surface area (Å²) >= 11 is 0. The van der Waals surface area contributed by atoms with Crippen molar-refractivity contribution in [3.8, 4) is 22.6 Å². The molecule has 0 spiro atoms. The number of carboxylic acids is 1. The Morgan fingerprint density at radius 1 is 0.814 bits per heavy atom. The molecule has 43 heavy (non-hydrogen) atoms. The van der Waals surface area contributed by atoms with Crippen molar-refractivity contribution in [2.45, 2.75) is 32.4 Å². The lowest BCUT2D eigenvalue weighted by atomic mass is 9.98. The Bertz CT molecular complexity index is 1570. The summed E-state index contributed by atoms with van der Waals surface area (Å²) in [5.41, 5.74) is 2.76. The molecule has 0 saturated heterocycles. The lowest BCUT2D eigenvalue weighted by molar-refractivity contribution is -0.144. The van der Waals surface area contributed by atoms with Gasteiger partial charge in [0.15, 0.2) is 17.6 Å². The number of nitrogens with zero attached hydrogens (tertiary/aromatic N) is 1. The number of benzene rings is 4. The van der Waals surface area contributed by atoms with Gasteiger partial charge in [0.1, 0.15) is 6.04 Å². The molecule has 4 aromatic carbocycles. The molecule has 0 aliphatic rings. The minimum atomic E-state index is -1.67. The number of amides is 2. The third-order valence-corrected chi connectivity index (χ3v) is 6.89. The zero-order valence-electron chi connectivity index (χ0n) is 24.4. The SMILES string of the molecule is COc1ccccc1OC(=O)C(O)CN(CC(C)C)C(=O)N[C@@H](Cc1ccc(-c2ccc3ccccc3c2)cc1)C(=O)O. The molecule has 0 bridgehead atoms. The van der Waals surface area contributed by atoms with Crippen LogP contribution < -0.4 is 14.8 Å². The number of hydrogen-bond donors (Lipinski definition) is 3. The summed E-state index contributed by atoms with van der Waals surface area (Å²) in [6, 6.07) is 26.4. The van der Waals surface area contributed by atoms with Crippen molar-refractivity contribution in [2.24, 2.45) is 5.92 Å². The van der Waals surface area contributed by atoms with E-state index in [0.717, 1.165) is 27.5 Å². The van der Waals surface area contributed by atoms with Gasteiger partial charge in [-0.1, -0.05) is 86.6 Å². The van der Waals surface area contributed by atoms with E-state index in [1.54, 1.807) is 18.2 Å². The van der Waals surface area contributed by atoms with E-state index in [9.17, 15) is 24.6 Å². The number of carboxylic acid groups (broad SMARTS) is 1. The highest BCUT2D eigenvalue weighted by Gasteiger charge is 2.28. The Morgan fingerprint density at radius 3 is 2.09 bits per heavy atom. The molecule has 1 unspecified atom stereocenters. The fourth-order valence-electron chi connectivity index (χ4n) is 4.72. The van der Waals surface area contributed by atoms with Crippen LogP contribution in [0.15, 0.2) is 91.0 Å². The van der Waals surface area contributed by atoms with Crippen LogP contribution in [0.25, 0.3) is 21.9 Å². The Morgan fingerprint density at radius 2 is 1.44 bits per heavy atom. The van der Waals surface area contributed by atoms with Gasteiger partial charge in [-0.05, 0) is 51.6 Å². The Hall–Kier alpha value is -4.89. The van der Waals surface area contributed by atoms with Crippen LogP contribution in [-0.2, 0) is 16.0 Å². The Balaban J connectivity index is 1.41. The molecule has 9 nitrogen and oxygen atoms in total. The minimum absolute atomic E-state index is 0.0193. The van der Waals surface area contributed by atoms with Crippen molar-refractivity contribution in [1.82, 2.24) is 10.2 Å². The highest BCUT2D eigenvalue weighted by atomic mass is 16.6. The molecule has 3 N–H and O–H groups in total. The number of carbonyl (C=O) groups excluding carboxylic acids is 2. The predicted octanol–water partition coefficient (Wildman–Crippen LogP) is 5.15. The van der Waals surface area contributed by atoms with Crippen LogP contribution in [-0.4, -0.2) is 65.4 Å². The zero-order chi connectivity index (χ0) is 30.9. The number of carbonyl (C=O) groups is 3. The number of methoxy groups -OCH3 is 1. The normalized spacial score (nSPS) is 12.4. The molecule has 0 aromatic heterocycles. The summed E-state index contributed by atoms with van der Waals surface area (Å²) < 4.78 is 10.4. The Labute approximate surface area is 250 Å². The van der Waals surface area contributed by atoms with E-state index in [1.165, 1.54) is 18.1 Å². The van der Waals surface area contributed by atoms with Gasteiger partial charge >= 0.3 is 18.0 Å². The summed E-state index contributed by atoms with van der Waals surface area (Å²) in [5, 5.41) is 25.3. The van der Waals surface area contributed by atoms with Gasteiger partial charge in [0.25, 0.3) is 0 Å². The number of ether oxygens (including phenoxy) is 2. The van der Waals surface area contributed by atoms with Crippen LogP contribution in [0.4, 0.5) is 4.79 Å². The average Bonchev–Trinajstić information content (AvgIpc) is 3.00. The number of aliphatic carboxylic acids is 1. The number of hydrogen-bond acceptors (Lipinski definition) is 6. The first-order chi connectivity index (χ1) is 20.6. The molecule has 0 fully saturated rings. The number of aliphatic hydroxyl groups excluding tert-OH is 1. The molecule has 4 rings (SSSR count). The lowest BCUT2D eigenvalue weighted by Gasteiger charge is -2.28. The summed E-state index contributed by atoms with van der Waals surface area (Å²) in [5.74, 6) is -1.74. The second-order valence-electron chi connectivity index (χ2n) is 10.7. The molecule has 9 heteroatoms. The van der Waals surface area contributed by atoms with Crippen LogP contribution in [0.5, 0.6) is 11.5 Å². The standard InChI is InChI=1S/C34H36N2O7/c1-22(2)20-36(21-29(37)33(40)43-31-11-7-6-10-30(31)42-3)34(41)35-28(32(38)39)18-23-12-14-25(15-13-23)27-17-16-24-8-4-5-9-26(24)19-27/h4-17,19,22,28-29,37H,18,20-21H2,1-3H3,(H,35,41)(H,38,39)/t28-,29?/m0/s1.